The lowest BCUT2D eigenvalue weighted by Crippen LogP contribution is -2.17. The maximum absolute atomic E-state index is 11.3. The van der Waals surface area contributed by atoms with Gasteiger partial charge in [0.25, 0.3) is 0 Å². The zero-order valence-corrected chi connectivity index (χ0v) is 13.0. The van der Waals surface area contributed by atoms with Crippen molar-refractivity contribution in [3.63, 3.8) is 0 Å². The molecule has 1 aliphatic carbocycles. The van der Waals surface area contributed by atoms with Crippen LogP contribution in [0.4, 0.5) is 0 Å². The molecule has 3 rings (SSSR count). The Hall–Kier alpha value is -1.07. The standard InChI is InChI=1S/C15H20BrN3O/c16-11-8-14-13(18-15(20)19-14)7-10(11)12(17)6-9-4-2-1-3-5-9/h7-9,12H,1-6,17H2,(H2,18,19,20). The Balaban J connectivity index is 1.84. The molecule has 2 aromatic rings. The third kappa shape index (κ3) is 2.83. The van der Waals surface area contributed by atoms with Crippen LogP contribution in [0, 0.1) is 5.92 Å². The van der Waals surface area contributed by atoms with Gasteiger partial charge < -0.3 is 15.7 Å². The molecule has 1 unspecified atom stereocenters. The number of H-pyrrole nitrogens is 2. The van der Waals surface area contributed by atoms with Crippen LogP contribution in [0.3, 0.4) is 0 Å². The molecule has 108 valence electrons. The first-order valence-electron chi connectivity index (χ1n) is 7.30. The molecule has 1 aliphatic rings. The van der Waals surface area contributed by atoms with Gasteiger partial charge in [0.15, 0.2) is 0 Å². The van der Waals surface area contributed by atoms with Crippen LogP contribution in [0.5, 0.6) is 0 Å². The SMILES string of the molecule is NC(CC1CCCCC1)c1cc2[nH]c(=O)[nH]c2cc1Br. The van der Waals surface area contributed by atoms with Gasteiger partial charge >= 0.3 is 5.69 Å². The van der Waals surface area contributed by atoms with Crippen molar-refractivity contribution >= 4 is 27.0 Å². The summed E-state index contributed by atoms with van der Waals surface area (Å²) < 4.78 is 0.976. The Kier molecular flexibility index (Phi) is 3.98. The molecule has 4 N–H and O–H groups in total. The van der Waals surface area contributed by atoms with Crippen molar-refractivity contribution < 1.29 is 0 Å². The Morgan fingerprint density at radius 3 is 2.55 bits per heavy atom. The highest BCUT2D eigenvalue weighted by Gasteiger charge is 2.19. The van der Waals surface area contributed by atoms with Gasteiger partial charge in [-0.1, -0.05) is 48.0 Å². The van der Waals surface area contributed by atoms with E-state index in [1.54, 1.807) is 0 Å². The van der Waals surface area contributed by atoms with E-state index in [0.29, 0.717) is 0 Å². The quantitative estimate of drug-likeness (QED) is 0.800. The molecule has 20 heavy (non-hydrogen) atoms. The van der Waals surface area contributed by atoms with Crippen molar-refractivity contribution in [1.82, 2.24) is 9.97 Å². The Morgan fingerprint density at radius 1 is 1.20 bits per heavy atom. The highest BCUT2D eigenvalue weighted by atomic mass is 79.9. The van der Waals surface area contributed by atoms with Crippen molar-refractivity contribution in [2.75, 3.05) is 0 Å². The highest BCUT2D eigenvalue weighted by Crippen LogP contribution is 2.34. The highest BCUT2D eigenvalue weighted by molar-refractivity contribution is 9.10. The van der Waals surface area contributed by atoms with E-state index < -0.39 is 0 Å². The van der Waals surface area contributed by atoms with Gasteiger partial charge in [-0.3, -0.25) is 0 Å². The predicted molar refractivity (Wildman–Crippen MR) is 84.7 cm³/mol. The van der Waals surface area contributed by atoms with Crippen LogP contribution in [0.2, 0.25) is 0 Å². The molecule has 1 atom stereocenters. The summed E-state index contributed by atoms with van der Waals surface area (Å²) in [6.07, 6.45) is 7.67. The monoisotopic (exact) mass is 337 g/mol. The Morgan fingerprint density at radius 2 is 1.85 bits per heavy atom. The number of aromatic nitrogens is 2. The van der Waals surface area contributed by atoms with E-state index in [9.17, 15) is 4.79 Å². The van der Waals surface area contributed by atoms with Crippen molar-refractivity contribution in [3.8, 4) is 0 Å². The van der Waals surface area contributed by atoms with Crippen LogP contribution in [0.15, 0.2) is 21.4 Å². The van der Waals surface area contributed by atoms with Gasteiger partial charge in [0.1, 0.15) is 0 Å². The van der Waals surface area contributed by atoms with E-state index in [4.69, 9.17) is 5.73 Å². The number of hydrogen-bond donors (Lipinski definition) is 3. The first-order valence-corrected chi connectivity index (χ1v) is 8.10. The molecule has 1 aromatic carbocycles. The van der Waals surface area contributed by atoms with Gasteiger partial charge in [-0.25, -0.2) is 4.79 Å². The van der Waals surface area contributed by atoms with Gasteiger partial charge in [-0.2, -0.15) is 0 Å². The second-order valence-corrected chi connectivity index (χ2v) is 6.70. The number of halogens is 1. The number of fused-ring (bicyclic) bond motifs is 1. The fraction of sp³-hybridized carbons (Fsp3) is 0.533. The average Bonchev–Trinajstić information content (AvgIpc) is 2.78. The largest absolute Gasteiger partial charge is 0.324 e. The number of benzene rings is 1. The third-order valence-electron chi connectivity index (χ3n) is 4.34. The molecule has 0 spiro atoms. The maximum Gasteiger partial charge on any atom is 0.323 e. The smallest absolute Gasteiger partial charge is 0.323 e. The molecule has 0 amide bonds. The molecule has 1 fully saturated rings. The van der Waals surface area contributed by atoms with Crippen LogP contribution >= 0.6 is 15.9 Å². The summed E-state index contributed by atoms with van der Waals surface area (Å²) in [7, 11) is 0. The second kappa shape index (κ2) is 5.74. The molecule has 0 radical (unpaired) electrons. The summed E-state index contributed by atoms with van der Waals surface area (Å²) in [5.41, 5.74) is 8.94. The van der Waals surface area contributed by atoms with Crippen LogP contribution in [0.1, 0.15) is 50.1 Å². The predicted octanol–water partition coefficient (Wildman–Crippen LogP) is 3.59. The molecule has 0 bridgehead atoms. The van der Waals surface area contributed by atoms with Crippen LogP contribution in [-0.2, 0) is 0 Å². The van der Waals surface area contributed by atoms with Crippen molar-refractivity contribution in [2.24, 2.45) is 11.7 Å². The number of aromatic amines is 2. The van der Waals surface area contributed by atoms with Gasteiger partial charge in [-0.15, -0.1) is 0 Å². The third-order valence-corrected chi connectivity index (χ3v) is 5.03. The fourth-order valence-corrected chi connectivity index (χ4v) is 3.90. The molecule has 0 saturated heterocycles. The normalized spacial score (nSPS) is 18.5. The average molecular weight is 338 g/mol. The Bertz CT molecular complexity index is 655. The summed E-state index contributed by atoms with van der Waals surface area (Å²) in [6, 6.07) is 3.95. The summed E-state index contributed by atoms with van der Waals surface area (Å²) in [6.45, 7) is 0. The fourth-order valence-electron chi connectivity index (χ4n) is 3.27. The molecular formula is C15H20BrN3O. The molecule has 0 aliphatic heterocycles. The van der Waals surface area contributed by atoms with E-state index in [2.05, 4.69) is 25.9 Å². The van der Waals surface area contributed by atoms with Crippen molar-refractivity contribution in [2.45, 2.75) is 44.6 Å². The molecule has 1 saturated carbocycles. The van der Waals surface area contributed by atoms with Crippen molar-refractivity contribution in [1.29, 1.82) is 0 Å². The first kappa shape index (κ1) is 13.9. The van der Waals surface area contributed by atoms with Gasteiger partial charge in [0.2, 0.25) is 0 Å². The van der Waals surface area contributed by atoms with E-state index >= 15 is 0 Å². The minimum Gasteiger partial charge on any atom is -0.324 e. The van der Waals surface area contributed by atoms with E-state index in [1.165, 1.54) is 32.1 Å². The van der Waals surface area contributed by atoms with Crippen LogP contribution in [0.25, 0.3) is 11.0 Å². The zero-order chi connectivity index (χ0) is 14.1. The van der Waals surface area contributed by atoms with E-state index in [0.717, 1.165) is 33.4 Å². The molecule has 1 heterocycles. The van der Waals surface area contributed by atoms with Crippen molar-refractivity contribution in [3.05, 3.63) is 32.7 Å². The molecule has 4 nitrogen and oxygen atoms in total. The van der Waals surface area contributed by atoms with Crippen LogP contribution < -0.4 is 11.4 Å². The van der Waals surface area contributed by atoms with Gasteiger partial charge in [-0.05, 0) is 30.0 Å². The first-order chi connectivity index (χ1) is 9.63. The number of imidazole rings is 1. The number of nitrogens with two attached hydrogens (primary N) is 1. The molecular weight excluding hydrogens is 318 g/mol. The second-order valence-electron chi connectivity index (χ2n) is 5.84. The lowest BCUT2D eigenvalue weighted by atomic mass is 9.83. The van der Waals surface area contributed by atoms with Gasteiger partial charge in [0, 0.05) is 10.5 Å². The number of rotatable bonds is 3. The summed E-state index contributed by atoms with van der Waals surface area (Å²) in [4.78, 5) is 16.9. The summed E-state index contributed by atoms with van der Waals surface area (Å²) >= 11 is 3.58. The van der Waals surface area contributed by atoms with Crippen LogP contribution in [-0.4, -0.2) is 9.97 Å². The molecule has 5 heteroatoms. The lowest BCUT2D eigenvalue weighted by molar-refractivity contribution is 0.319. The molecule has 1 aromatic heterocycles. The maximum atomic E-state index is 11.3. The Labute approximate surface area is 126 Å². The zero-order valence-electron chi connectivity index (χ0n) is 11.4. The van der Waals surface area contributed by atoms with E-state index in [1.807, 2.05) is 12.1 Å². The summed E-state index contributed by atoms with van der Waals surface area (Å²) in [5.74, 6) is 0.742. The summed E-state index contributed by atoms with van der Waals surface area (Å²) in [5, 5.41) is 0. The topological polar surface area (TPSA) is 74.7 Å². The van der Waals surface area contributed by atoms with E-state index in [-0.39, 0.29) is 11.7 Å². The minimum absolute atomic E-state index is 0.0234. The number of nitrogens with one attached hydrogen (secondary N) is 2. The number of hydrogen-bond acceptors (Lipinski definition) is 2. The van der Waals surface area contributed by atoms with Gasteiger partial charge in [0.05, 0.1) is 11.0 Å². The lowest BCUT2D eigenvalue weighted by Gasteiger charge is -2.25. The minimum atomic E-state index is -0.176.